The number of aliphatic carboxylic acids is 1. The Morgan fingerprint density at radius 2 is 1.61 bits per heavy atom. The molecule has 218 valence electrons. The van der Waals surface area contributed by atoms with Crippen molar-refractivity contribution in [2.24, 2.45) is 17.8 Å². The minimum Gasteiger partial charge on any atom is -0.480 e. The van der Waals surface area contributed by atoms with Gasteiger partial charge in [0.2, 0.25) is 23.6 Å². The maximum atomic E-state index is 12.3. The number of nitrogens with zero attached hydrogens (tertiary/aromatic N) is 1. The van der Waals surface area contributed by atoms with Gasteiger partial charge in [-0.25, -0.2) is 4.79 Å². The maximum absolute atomic E-state index is 12.3. The van der Waals surface area contributed by atoms with Crippen LogP contribution in [-0.4, -0.2) is 83.2 Å². The van der Waals surface area contributed by atoms with Crippen LogP contribution in [0.4, 0.5) is 0 Å². The molecule has 0 bridgehead atoms. The van der Waals surface area contributed by atoms with Gasteiger partial charge in [-0.15, -0.1) is 0 Å². The van der Waals surface area contributed by atoms with Gasteiger partial charge in [0.1, 0.15) is 6.04 Å². The molecule has 4 amide bonds. The lowest BCUT2D eigenvalue weighted by Crippen LogP contribution is -2.46. The van der Waals surface area contributed by atoms with Crippen molar-refractivity contribution < 1.29 is 38.6 Å². The molecule has 1 fully saturated rings. The highest BCUT2D eigenvalue weighted by Crippen LogP contribution is 2.26. The van der Waals surface area contributed by atoms with Crippen LogP contribution >= 0.6 is 0 Å². The van der Waals surface area contributed by atoms with Crippen LogP contribution in [0.2, 0.25) is 0 Å². The molecule has 0 aromatic heterocycles. The second-order valence-electron chi connectivity index (χ2n) is 11.8. The number of carboxylic acids is 1. The van der Waals surface area contributed by atoms with E-state index in [9.17, 15) is 29.1 Å². The Hall–Kier alpha value is -2.53. The Bertz CT molecular complexity index is 853. The van der Waals surface area contributed by atoms with E-state index in [2.05, 4.69) is 10.6 Å². The second-order valence-corrected chi connectivity index (χ2v) is 11.8. The van der Waals surface area contributed by atoms with Gasteiger partial charge in [-0.2, -0.15) is 0 Å². The number of ether oxygens (including phenoxy) is 2. The first-order valence-electron chi connectivity index (χ1n) is 13.4. The summed E-state index contributed by atoms with van der Waals surface area (Å²) in [5, 5.41) is 14.5. The number of hydrogen-bond acceptors (Lipinski definition) is 7. The summed E-state index contributed by atoms with van der Waals surface area (Å²) in [4.78, 5) is 61.4. The van der Waals surface area contributed by atoms with Crippen LogP contribution in [0.5, 0.6) is 0 Å². The van der Waals surface area contributed by atoms with Crippen molar-refractivity contribution in [2.75, 3.05) is 26.3 Å². The van der Waals surface area contributed by atoms with Crippen molar-refractivity contribution in [1.29, 1.82) is 0 Å². The van der Waals surface area contributed by atoms with Crippen LogP contribution < -0.4 is 10.6 Å². The van der Waals surface area contributed by atoms with Crippen LogP contribution in [0, 0.1) is 17.8 Å². The van der Waals surface area contributed by atoms with Gasteiger partial charge in [0, 0.05) is 31.8 Å². The average molecular weight is 542 g/mol. The quantitative estimate of drug-likeness (QED) is 0.187. The van der Waals surface area contributed by atoms with Crippen molar-refractivity contribution in [3.8, 4) is 0 Å². The molecule has 1 aliphatic heterocycles. The van der Waals surface area contributed by atoms with E-state index in [0.29, 0.717) is 13.0 Å². The van der Waals surface area contributed by atoms with Gasteiger partial charge in [-0.3, -0.25) is 24.1 Å². The van der Waals surface area contributed by atoms with E-state index in [1.165, 1.54) is 4.90 Å². The van der Waals surface area contributed by atoms with E-state index < -0.39 is 23.2 Å². The molecule has 11 heteroatoms. The lowest BCUT2D eigenvalue weighted by atomic mass is 9.94. The third-order valence-corrected chi connectivity index (χ3v) is 6.60. The predicted molar refractivity (Wildman–Crippen MR) is 141 cm³/mol. The molecule has 0 aliphatic carbocycles. The van der Waals surface area contributed by atoms with Gasteiger partial charge >= 0.3 is 5.97 Å². The van der Waals surface area contributed by atoms with Crippen LogP contribution in [0.15, 0.2) is 0 Å². The highest BCUT2D eigenvalue weighted by Gasteiger charge is 2.39. The van der Waals surface area contributed by atoms with Gasteiger partial charge in [0.25, 0.3) is 0 Å². The minimum atomic E-state index is -1.07. The zero-order valence-corrected chi connectivity index (χ0v) is 24.2. The number of amides is 4. The molecule has 38 heavy (non-hydrogen) atoms. The van der Waals surface area contributed by atoms with Crippen molar-refractivity contribution in [3.63, 3.8) is 0 Å². The first-order valence-corrected chi connectivity index (χ1v) is 13.4. The van der Waals surface area contributed by atoms with Crippen LogP contribution in [-0.2, 0) is 33.4 Å². The largest absolute Gasteiger partial charge is 0.480 e. The van der Waals surface area contributed by atoms with Gasteiger partial charge in [0.15, 0.2) is 0 Å². The third-order valence-electron chi connectivity index (χ3n) is 6.60. The first-order chi connectivity index (χ1) is 17.5. The van der Waals surface area contributed by atoms with E-state index in [0.717, 1.165) is 0 Å². The number of likely N-dealkylation sites (tertiary alicyclic amines) is 1. The van der Waals surface area contributed by atoms with E-state index in [4.69, 9.17) is 9.47 Å². The van der Waals surface area contributed by atoms with Crippen LogP contribution in [0.1, 0.15) is 81.1 Å². The molecule has 0 aromatic carbocycles. The SMILES string of the molecule is CC(C)C1CC(=O)N(CCC(=O)NCCOC(C)(C)CCOC(C)(C)CC(=O)NC(C(=O)O)C(C)C)C1=O. The summed E-state index contributed by atoms with van der Waals surface area (Å²) in [5.74, 6) is -2.60. The summed E-state index contributed by atoms with van der Waals surface area (Å²) in [6, 6.07) is -0.950. The van der Waals surface area contributed by atoms with E-state index in [1.807, 2.05) is 27.7 Å². The van der Waals surface area contributed by atoms with Crippen LogP contribution in [0.25, 0.3) is 0 Å². The zero-order chi connectivity index (χ0) is 29.3. The molecule has 11 nitrogen and oxygen atoms in total. The minimum absolute atomic E-state index is 0.0174. The van der Waals surface area contributed by atoms with Gasteiger partial charge in [0.05, 0.1) is 30.8 Å². The highest BCUT2D eigenvalue weighted by molar-refractivity contribution is 6.03. The van der Waals surface area contributed by atoms with Gasteiger partial charge in [-0.1, -0.05) is 27.7 Å². The summed E-state index contributed by atoms with van der Waals surface area (Å²) in [5.41, 5.74) is -1.34. The Kier molecular flexibility index (Phi) is 12.8. The highest BCUT2D eigenvalue weighted by atomic mass is 16.5. The number of imide groups is 1. The molecule has 0 spiro atoms. The van der Waals surface area contributed by atoms with E-state index >= 15 is 0 Å². The van der Waals surface area contributed by atoms with Gasteiger partial charge < -0.3 is 25.2 Å². The number of rotatable bonds is 17. The van der Waals surface area contributed by atoms with Crippen molar-refractivity contribution in [1.82, 2.24) is 15.5 Å². The normalized spacial score (nSPS) is 17.3. The number of carbonyl (C=O) groups is 5. The van der Waals surface area contributed by atoms with Crippen molar-refractivity contribution in [2.45, 2.75) is 98.3 Å². The number of nitrogens with one attached hydrogen (secondary N) is 2. The topological polar surface area (TPSA) is 151 Å². The smallest absolute Gasteiger partial charge is 0.326 e. The Balaban J connectivity index is 2.31. The Morgan fingerprint density at radius 1 is 1.00 bits per heavy atom. The van der Waals surface area contributed by atoms with Crippen LogP contribution in [0.3, 0.4) is 0 Å². The van der Waals surface area contributed by atoms with Gasteiger partial charge in [-0.05, 0) is 46.0 Å². The molecule has 1 rings (SSSR count). The molecule has 0 radical (unpaired) electrons. The lowest BCUT2D eigenvalue weighted by Gasteiger charge is -2.30. The molecule has 0 saturated carbocycles. The summed E-state index contributed by atoms with van der Waals surface area (Å²) in [6.45, 7) is 15.6. The molecule has 3 N–H and O–H groups in total. The molecular weight excluding hydrogens is 494 g/mol. The fourth-order valence-electron chi connectivity index (χ4n) is 4.10. The summed E-state index contributed by atoms with van der Waals surface area (Å²) in [7, 11) is 0. The monoisotopic (exact) mass is 541 g/mol. The van der Waals surface area contributed by atoms with E-state index in [1.54, 1.807) is 27.7 Å². The molecule has 2 unspecified atom stereocenters. The molecule has 1 saturated heterocycles. The molecular formula is C27H47N3O8. The summed E-state index contributed by atoms with van der Waals surface area (Å²) >= 11 is 0. The summed E-state index contributed by atoms with van der Waals surface area (Å²) < 4.78 is 11.8. The lowest BCUT2D eigenvalue weighted by molar-refractivity contribution is -0.144. The first kappa shape index (κ1) is 33.5. The Labute approximate surface area is 226 Å². The fourth-order valence-corrected chi connectivity index (χ4v) is 4.10. The number of hydrogen-bond donors (Lipinski definition) is 3. The van der Waals surface area contributed by atoms with Crippen molar-refractivity contribution in [3.05, 3.63) is 0 Å². The molecule has 0 aromatic rings. The third kappa shape index (κ3) is 11.5. The summed E-state index contributed by atoms with van der Waals surface area (Å²) in [6.07, 6.45) is 0.806. The maximum Gasteiger partial charge on any atom is 0.326 e. The predicted octanol–water partition coefficient (Wildman–Crippen LogP) is 2.12. The number of carboxylic acid groups (broad SMARTS) is 1. The fraction of sp³-hybridized carbons (Fsp3) is 0.815. The average Bonchev–Trinajstić information content (AvgIpc) is 3.06. The van der Waals surface area contributed by atoms with E-state index in [-0.39, 0.29) is 80.3 Å². The zero-order valence-electron chi connectivity index (χ0n) is 24.2. The Morgan fingerprint density at radius 3 is 2.13 bits per heavy atom. The standard InChI is InChI=1S/C27H47N3O8/c1-17(2)19-15-22(33)30(24(19)34)12-9-20(31)28-11-14-38-26(5,6)10-13-37-27(7,8)16-21(32)29-23(18(3)4)25(35)36/h17-19,23H,9-16H2,1-8H3,(H,28,31)(H,29,32)(H,35,36). The molecule has 2 atom stereocenters. The molecule has 1 heterocycles. The second kappa shape index (κ2) is 14.6. The molecule has 1 aliphatic rings. The number of carbonyl (C=O) groups excluding carboxylic acids is 4. The van der Waals surface area contributed by atoms with Crippen molar-refractivity contribution >= 4 is 29.6 Å².